The molecule has 30 heavy (non-hydrogen) atoms. The first-order chi connectivity index (χ1) is 14.5. The molecule has 3 N–H and O–H groups in total. The van der Waals surface area contributed by atoms with E-state index in [2.05, 4.69) is 10.6 Å². The highest BCUT2D eigenvalue weighted by Crippen LogP contribution is 2.21. The zero-order valence-electron chi connectivity index (χ0n) is 16.1. The molecule has 0 aromatic heterocycles. The van der Waals surface area contributed by atoms with Crippen LogP contribution in [0.3, 0.4) is 0 Å². The molecule has 0 spiro atoms. The van der Waals surface area contributed by atoms with Gasteiger partial charge in [-0.15, -0.1) is 0 Å². The quantitative estimate of drug-likeness (QED) is 0.449. The molecule has 0 aliphatic heterocycles. The van der Waals surface area contributed by atoms with Crippen molar-refractivity contribution in [3.63, 3.8) is 0 Å². The number of nitrogens with one attached hydrogen (secondary N) is 2. The van der Waals surface area contributed by atoms with Gasteiger partial charge in [-0.05, 0) is 47.4 Å². The monoisotopic (exact) mass is 420 g/mol. The maximum atomic E-state index is 12.5. The summed E-state index contributed by atoms with van der Waals surface area (Å²) in [5, 5.41) is 15.1. The van der Waals surface area contributed by atoms with Crippen molar-refractivity contribution in [2.45, 2.75) is 12.5 Å². The van der Waals surface area contributed by atoms with E-state index in [4.69, 9.17) is 16.7 Å². The van der Waals surface area contributed by atoms with Crippen LogP contribution in [0, 0.1) is 0 Å². The zero-order valence-corrected chi connectivity index (χ0v) is 16.8. The molecule has 0 fully saturated rings. The van der Waals surface area contributed by atoms with Gasteiger partial charge in [-0.25, -0.2) is 9.59 Å². The number of carboxylic acids is 1. The van der Waals surface area contributed by atoms with Crippen LogP contribution >= 0.6 is 11.6 Å². The largest absolute Gasteiger partial charge is 0.478 e. The maximum Gasteiger partial charge on any atom is 0.328 e. The number of amides is 2. The molecule has 2 amide bonds. The van der Waals surface area contributed by atoms with Gasteiger partial charge in [0.15, 0.2) is 0 Å². The lowest BCUT2D eigenvalue weighted by Crippen LogP contribution is -2.38. The van der Waals surface area contributed by atoms with Gasteiger partial charge in [0.05, 0.1) is 6.04 Å². The first-order valence-electron chi connectivity index (χ1n) is 9.38. The molecule has 3 aromatic carbocycles. The summed E-state index contributed by atoms with van der Waals surface area (Å²) >= 11 is 6.01. The summed E-state index contributed by atoms with van der Waals surface area (Å²) in [5.41, 5.74) is 3.66. The highest BCUT2D eigenvalue weighted by atomic mass is 35.5. The summed E-state index contributed by atoms with van der Waals surface area (Å²) in [6.07, 6.45) is 2.87. The van der Waals surface area contributed by atoms with Gasteiger partial charge in [0.25, 0.3) is 0 Å². The van der Waals surface area contributed by atoms with Crippen LogP contribution < -0.4 is 10.6 Å². The van der Waals surface area contributed by atoms with Crippen molar-refractivity contribution in [2.24, 2.45) is 0 Å². The Kier molecular flexibility index (Phi) is 7.24. The number of hydrogen-bond acceptors (Lipinski definition) is 2. The van der Waals surface area contributed by atoms with Crippen LogP contribution in [-0.4, -0.2) is 23.1 Å². The Morgan fingerprint density at radius 1 is 0.933 bits per heavy atom. The minimum atomic E-state index is -1.08. The van der Waals surface area contributed by atoms with Crippen LogP contribution in [0.2, 0.25) is 5.02 Å². The van der Waals surface area contributed by atoms with Crippen molar-refractivity contribution < 1.29 is 14.7 Å². The van der Waals surface area contributed by atoms with E-state index in [-0.39, 0.29) is 0 Å². The fraction of sp³-hybridized carbons (Fsp3) is 0.0833. The average Bonchev–Trinajstić information content (AvgIpc) is 2.73. The lowest BCUT2D eigenvalue weighted by Gasteiger charge is -2.16. The smallest absolute Gasteiger partial charge is 0.328 e. The zero-order chi connectivity index (χ0) is 21.3. The van der Waals surface area contributed by atoms with Crippen molar-refractivity contribution in [1.29, 1.82) is 0 Å². The number of carbonyl (C=O) groups excluding carboxylic acids is 1. The normalized spacial score (nSPS) is 11.8. The van der Waals surface area contributed by atoms with Crippen LogP contribution in [-0.2, 0) is 11.2 Å². The molecular weight excluding hydrogens is 400 g/mol. The van der Waals surface area contributed by atoms with Crippen LogP contribution in [0.25, 0.3) is 11.1 Å². The molecule has 6 heteroatoms. The SMILES string of the molecule is O=C(O)C=C[C@H](Cc1cccc(Cl)c1)NC(=O)Nc1ccc(-c2ccccc2)cc1. The van der Waals surface area contributed by atoms with E-state index < -0.39 is 18.0 Å². The summed E-state index contributed by atoms with van der Waals surface area (Å²) in [7, 11) is 0. The lowest BCUT2D eigenvalue weighted by molar-refractivity contribution is -0.131. The molecule has 0 saturated carbocycles. The lowest BCUT2D eigenvalue weighted by atomic mass is 10.1. The molecule has 5 nitrogen and oxygen atoms in total. The van der Waals surface area contributed by atoms with E-state index in [1.165, 1.54) is 6.08 Å². The first kappa shape index (κ1) is 21.1. The Balaban J connectivity index is 1.65. The number of hydrogen-bond donors (Lipinski definition) is 3. The van der Waals surface area contributed by atoms with Crippen LogP contribution in [0.4, 0.5) is 10.5 Å². The Labute approximate surface area is 180 Å². The molecule has 3 aromatic rings. The van der Waals surface area contributed by atoms with E-state index in [0.29, 0.717) is 17.1 Å². The van der Waals surface area contributed by atoms with Crippen molar-refractivity contribution >= 4 is 29.3 Å². The van der Waals surface area contributed by atoms with Gasteiger partial charge in [0, 0.05) is 16.8 Å². The van der Waals surface area contributed by atoms with Crippen LogP contribution in [0.15, 0.2) is 91.0 Å². The summed E-state index contributed by atoms with van der Waals surface area (Å²) in [4.78, 5) is 23.3. The number of anilines is 1. The summed E-state index contributed by atoms with van der Waals surface area (Å²) in [6, 6.07) is 23.7. The Hall–Kier alpha value is -3.57. The number of rotatable bonds is 7. The van der Waals surface area contributed by atoms with Crippen LogP contribution in [0.1, 0.15) is 5.56 Å². The number of aliphatic carboxylic acids is 1. The summed E-state index contributed by atoms with van der Waals surface area (Å²) in [6.45, 7) is 0. The molecule has 3 rings (SSSR count). The van der Waals surface area contributed by atoms with E-state index in [1.54, 1.807) is 12.1 Å². The van der Waals surface area contributed by atoms with Crippen molar-refractivity contribution in [3.05, 3.63) is 102 Å². The first-order valence-corrected chi connectivity index (χ1v) is 9.76. The average molecular weight is 421 g/mol. The Morgan fingerprint density at radius 3 is 2.30 bits per heavy atom. The highest BCUT2D eigenvalue weighted by molar-refractivity contribution is 6.30. The molecule has 152 valence electrons. The van der Waals surface area contributed by atoms with Gasteiger partial charge in [-0.1, -0.05) is 72.3 Å². The predicted octanol–water partition coefficient (Wildman–Crippen LogP) is 5.38. The van der Waals surface area contributed by atoms with Crippen molar-refractivity contribution in [3.8, 4) is 11.1 Å². The van der Waals surface area contributed by atoms with Crippen molar-refractivity contribution in [1.82, 2.24) is 5.32 Å². The van der Waals surface area contributed by atoms with Crippen LogP contribution in [0.5, 0.6) is 0 Å². The Bertz CT molecular complexity index is 1030. The number of halogens is 1. The Morgan fingerprint density at radius 2 is 1.63 bits per heavy atom. The van der Waals surface area contributed by atoms with Gasteiger partial charge in [0.1, 0.15) is 0 Å². The van der Waals surface area contributed by atoms with Gasteiger partial charge < -0.3 is 15.7 Å². The minimum Gasteiger partial charge on any atom is -0.478 e. The minimum absolute atomic E-state index is 0.407. The van der Waals surface area contributed by atoms with Gasteiger partial charge in [-0.3, -0.25) is 0 Å². The van der Waals surface area contributed by atoms with Gasteiger partial charge >= 0.3 is 12.0 Å². The molecule has 0 aliphatic rings. The molecular formula is C24H21ClN2O3. The number of benzene rings is 3. The molecule has 1 atom stereocenters. The second-order valence-electron chi connectivity index (χ2n) is 6.68. The highest BCUT2D eigenvalue weighted by Gasteiger charge is 2.12. The standard InChI is InChI=1S/C24H21ClN2O3/c25-20-8-4-5-17(15-20)16-22(13-14-23(28)29)27-24(30)26-21-11-9-19(10-12-21)18-6-2-1-3-7-18/h1-15,22H,16H2,(H,28,29)(H2,26,27,30)/t22-/m1/s1. The molecule has 0 saturated heterocycles. The second kappa shape index (κ2) is 10.3. The molecule has 0 heterocycles. The summed E-state index contributed by atoms with van der Waals surface area (Å²) in [5.74, 6) is -1.08. The third kappa shape index (κ3) is 6.50. The molecule has 0 radical (unpaired) electrons. The number of carbonyl (C=O) groups is 2. The van der Waals surface area contributed by atoms with Gasteiger partial charge in [-0.2, -0.15) is 0 Å². The third-order valence-electron chi connectivity index (χ3n) is 4.38. The predicted molar refractivity (Wildman–Crippen MR) is 120 cm³/mol. The number of carboxylic acid groups (broad SMARTS) is 1. The van der Waals surface area contributed by atoms with E-state index >= 15 is 0 Å². The maximum absolute atomic E-state index is 12.5. The topological polar surface area (TPSA) is 78.4 Å². The summed E-state index contributed by atoms with van der Waals surface area (Å²) < 4.78 is 0. The molecule has 0 aliphatic carbocycles. The fourth-order valence-electron chi connectivity index (χ4n) is 3.00. The third-order valence-corrected chi connectivity index (χ3v) is 4.62. The molecule has 0 unspecified atom stereocenters. The van der Waals surface area contributed by atoms with Gasteiger partial charge in [0.2, 0.25) is 0 Å². The molecule has 0 bridgehead atoms. The van der Waals surface area contributed by atoms with E-state index in [1.807, 2.05) is 66.7 Å². The second-order valence-corrected chi connectivity index (χ2v) is 7.12. The van der Waals surface area contributed by atoms with E-state index in [9.17, 15) is 9.59 Å². The number of urea groups is 1. The van der Waals surface area contributed by atoms with Crippen molar-refractivity contribution in [2.75, 3.05) is 5.32 Å². The fourth-order valence-corrected chi connectivity index (χ4v) is 3.21. The van der Waals surface area contributed by atoms with E-state index in [0.717, 1.165) is 22.8 Å².